The van der Waals surface area contributed by atoms with Gasteiger partial charge in [-0.1, -0.05) is 23.7 Å². The molecule has 0 bridgehead atoms. The molecule has 0 fully saturated rings. The lowest BCUT2D eigenvalue weighted by Gasteiger charge is -2.14. The van der Waals surface area contributed by atoms with Crippen LogP contribution in [0.15, 0.2) is 18.2 Å². The van der Waals surface area contributed by atoms with Crippen molar-refractivity contribution in [2.75, 3.05) is 11.4 Å². The molecule has 1 aromatic rings. The van der Waals surface area contributed by atoms with E-state index in [1.54, 1.807) is 18.2 Å². The molecule has 0 radical (unpaired) electrons. The number of amides is 2. The lowest BCUT2D eigenvalue weighted by Crippen LogP contribution is -2.36. The van der Waals surface area contributed by atoms with Crippen molar-refractivity contribution >= 4 is 29.1 Å². The monoisotopic (exact) mass is 263 g/mol. The molecule has 1 aromatic carbocycles. The molecule has 1 atom stereocenters. The van der Waals surface area contributed by atoms with Gasteiger partial charge in [0.2, 0.25) is 5.91 Å². The number of benzene rings is 1. The lowest BCUT2D eigenvalue weighted by atomic mass is 10.1. The molecule has 1 aliphatic rings. The van der Waals surface area contributed by atoms with E-state index in [1.165, 1.54) is 11.8 Å². The highest BCUT2D eigenvalue weighted by Crippen LogP contribution is 2.40. The van der Waals surface area contributed by atoms with Gasteiger partial charge >= 0.3 is 0 Å². The van der Waals surface area contributed by atoms with E-state index < -0.39 is 6.04 Å². The van der Waals surface area contributed by atoms with Crippen molar-refractivity contribution in [3.8, 4) is 6.07 Å². The first-order valence-corrected chi connectivity index (χ1v) is 5.68. The number of fused-ring (bicyclic) bond motifs is 1. The van der Waals surface area contributed by atoms with E-state index in [-0.39, 0.29) is 18.4 Å². The zero-order valence-electron chi connectivity index (χ0n) is 9.61. The molecule has 0 saturated carbocycles. The molecule has 0 aromatic heterocycles. The summed E-state index contributed by atoms with van der Waals surface area (Å²) in [7, 11) is 0. The minimum absolute atomic E-state index is 0.0916. The summed E-state index contributed by atoms with van der Waals surface area (Å²) in [6, 6.07) is 6.23. The van der Waals surface area contributed by atoms with Gasteiger partial charge in [-0.05, 0) is 6.07 Å². The Morgan fingerprint density at radius 3 is 2.94 bits per heavy atom. The summed E-state index contributed by atoms with van der Waals surface area (Å²) in [5, 5.41) is 11.7. The van der Waals surface area contributed by atoms with Crippen LogP contribution in [-0.4, -0.2) is 18.4 Å². The highest BCUT2D eigenvalue weighted by Gasteiger charge is 2.38. The fourth-order valence-electron chi connectivity index (χ4n) is 2.02. The van der Waals surface area contributed by atoms with Crippen LogP contribution in [0.2, 0.25) is 5.02 Å². The van der Waals surface area contributed by atoms with Crippen LogP contribution in [0.1, 0.15) is 18.5 Å². The van der Waals surface area contributed by atoms with E-state index in [0.717, 1.165) is 0 Å². The van der Waals surface area contributed by atoms with Crippen molar-refractivity contribution in [2.24, 2.45) is 0 Å². The number of hydrogen-bond donors (Lipinski definition) is 1. The summed E-state index contributed by atoms with van der Waals surface area (Å²) in [4.78, 5) is 24.6. The first-order valence-electron chi connectivity index (χ1n) is 5.30. The summed E-state index contributed by atoms with van der Waals surface area (Å²) >= 11 is 6.05. The van der Waals surface area contributed by atoms with E-state index in [9.17, 15) is 9.59 Å². The predicted molar refractivity (Wildman–Crippen MR) is 66.0 cm³/mol. The number of anilines is 1. The van der Waals surface area contributed by atoms with Crippen LogP contribution in [0, 0.1) is 11.3 Å². The van der Waals surface area contributed by atoms with Crippen molar-refractivity contribution in [2.45, 2.75) is 13.0 Å². The van der Waals surface area contributed by atoms with E-state index in [1.807, 2.05) is 6.07 Å². The summed E-state index contributed by atoms with van der Waals surface area (Å²) in [5.74, 6) is -0.645. The van der Waals surface area contributed by atoms with Gasteiger partial charge in [-0.2, -0.15) is 5.26 Å². The molecule has 92 valence electrons. The summed E-state index contributed by atoms with van der Waals surface area (Å²) in [5.41, 5.74) is 1.13. The Bertz CT molecular complexity index is 565. The third kappa shape index (κ3) is 1.91. The second kappa shape index (κ2) is 4.67. The molecule has 6 heteroatoms. The van der Waals surface area contributed by atoms with Gasteiger partial charge < -0.3 is 5.32 Å². The average Bonchev–Trinajstić information content (AvgIpc) is 2.56. The van der Waals surface area contributed by atoms with Crippen molar-refractivity contribution in [3.63, 3.8) is 0 Å². The lowest BCUT2D eigenvalue weighted by molar-refractivity contribution is -0.126. The molecule has 5 nitrogen and oxygen atoms in total. The summed E-state index contributed by atoms with van der Waals surface area (Å²) < 4.78 is 0. The number of carbonyl (C=O) groups is 2. The average molecular weight is 264 g/mol. The van der Waals surface area contributed by atoms with Crippen molar-refractivity contribution < 1.29 is 9.59 Å². The molecule has 0 saturated heterocycles. The van der Waals surface area contributed by atoms with Crippen molar-refractivity contribution in [1.29, 1.82) is 5.26 Å². The van der Waals surface area contributed by atoms with Gasteiger partial charge in [0, 0.05) is 12.5 Å². The second-order valence-corrected chi connectivity index (χ2v) is 4.30. The van der Waals surface area contributed by atoms with Crippen molar-refractivity contribution in [3.05, 3.63) is 28.8 Å². The predicted octanol–water partition coefficient (Wildman–Crippen LogP) is 1.39. The molecule has 1 aliphatic heterocycles. The van der Waals surface area contributed by atoms with Crippen molar-refractivity contribution in [1.82, 2.24) is 5.32 Å². The maximum atomic E-state index is 12.1. The molecule has 18 heavy (non-hydrogen) atoms. The Hall–Kier alpha value is -2.06. The van der Waals surface area contributed by atoms with Crippen LogP contribution in [0.25, 0.3) is 0 Å². The number of hydrogen-bond acceptors (Lipinski definition) is 3. The van der Waals surface area contributed by atoms with Gasteiger partial charge in [0.15, 0.2) is 0 Å². The largest absolute Gasteiger partial charge is 0.341 e. The Kier molecular flexibility index (Phi) is 3.21. The van der Waals surface area contributed by atoms with Gasteiger partial charge in [-0.3, -0.25) is 14.5 Å². The quantitative estimate of drug-likeness (QED) is 0.820. The Balaban J connectivity index is 2.51. The standard InChI is InChI=1S/C12H10ClN3O2/c1-7(17)15-10-8-3-2-4-9(13)11(8)16(6-5-14)12(10)18/h2-4,10H,6H2,1H3,(H,15,17). The van der Waals surface area contributed by atoms with E-state index in [0.29, 0.717) is 16.3 Å². The van der Waals surface area contributed by atoms with Crippen LogP contribution in [0.4, 0.5) is 5.69 Å². The first-order chi connectivity index (χ1) is 8.56. The van der Waals surface area contributed by atoms with E-state index in [2.05, 4.69) is 5.32 Å². The molecule has 2 amide bonds. The zero-order chi connectivity index (χ0) is 13.3. The minimum Gasteiger partial charge on any atom is -0.341 e. The SMILES string of the molecule is CC(=O)NC1C(=O)N(CC#N)c2c(Cl)cccc21. The maximum Gasteiger partial charge on any atom is 0.255 e. The van der Waals surface area contributed by atoms with Gasteiger partial charge in [0.25, 0.3) is 5.91 Å². The highest BCUT2D eigenvalue weighted by molar-refractivity contribution is 6.34. The van der Waals surface area contributed by atoms with Crippen LogP contribution >= 0.6 is 11.6 Å². The number of nitrogens with one attached hydrogen (secondary N) is 1. The number of halogens is 1. The topological polar surface area (TPSA) is 73.2 Å². The molecule has 1 heterocycles. The molecular weight excluding hydrogens is 254 g/mol. The van der Waals surface area contributed by atoms with Gasteiger partial charge in [-0.25, -0.2) is 0 Å². The van der Waals surface area contributed by atoms with Crippen LogP contribution in [-0.2, 0) is 9.59 Å². The Morgan fingerprint density at radius 1 is 1.61 bits per heavy atom. The number of nitrogens with zero attached hydrogens (tertiary/aromatic N) is 2. The molecule has 1 unspecified atom stereocenters. The first kappa shape index (κ1) is 12.4. The molecule has 1 N–H and O–H groups in total. The number of rotatable bonds is 2. The number of para-hydroxylation sites is 1. The zero-order valence-corrected chi connectivity index (χ0v) is 10.4. The molecular formula is C12H10ClN3O2. The smallest absolute Gasteiger partial charge is 0.255 e. The fraction of sp³-hybridized carbons (Fsp3) is 0.250. The Labute approximate surface area is 109 Å². The Morgan fingerprint density at radius 2 is 2.33 bits per heavy atom. The van der Waals surface area contributed by atoms with Gasteiger partial charge in [-0.15, -0.1) is 0 Å². The highest BCUT2D eigenvalue weighted by atomic mass is 35.5. The second-order valence-electron chi connectivity index (χ2n) is 3.89. The van der Waals surface area contributed by atoms with Gasteiger partial charge in [0.05, 0.1) is 16.8 Å². The number of nitriles is 1. The summed E-state index contributed by atoms with van der Waals surface area (Å²) in [6.07, 6.45) is 0. The third-order valence-electron chi connectivity index (χ3n) is 2.69. The minimum atomic E-state index is -0.760. The van der Waals surface area contributed by atoms with E-state index >= 15 is 0 Å². The molecule has 0 aliphatic carbocycles. The molecule has 2 rings (SSSR count). The fourth-order valence-corrected chi connectivity index (χ4v) is 2.30. The maximum absolute atomic E-state index is 12.1. The third-order valence-corrected chi connectivity index (χ3v) is 2.99. The normalized spacial score (nSPS) is 17.3. The van der Waals surface area contributed by atoms with Crippen LogP contribution < -0.4 is 10.2 Å². The van der Waals surface area contributed by atoms with Crippen LogP contribution in [0.3, 0.4) is 0 Å². The van der Waals surface area contributed by atoms with Gasteiger partial charge in [0.1, 0.15) is 12.6 Å². The summed E-state index contributed by atoms with van der Waals surface area (Å²) in [6.45, 7) is 1.25. The molecule has 0 spiro atoms. The number of carbonyl (C=O) groups excluding carboxylic acids is 2. The van der Waals surface area contributed by atoms with E-state index in [4.69, 9.17) is 16.9 Å². The van der Waals surface area contributed by atoms with Crippen LogP contribution in [0.5, 0.6) is 0 Å².